The summed E-state index contributed by atoms with van der Waals surface area (Å²) < 4.78 is 7.78. The number of aliphatic hydroxyl groups excluding tert-OH is 1. The van der Waals surface area contributed by atoms with Crippen molar-refractivity contribution in [2.24, 2.45) is 5.41 Å². The number of aliphatic hydroxyl groups is 1. The molecule has 1 heterocycles. The molecule has 2 fully saturated rings. The van der Waals surface area contributed by atoms with Gasteiger partial charge in [0.15, 0.2) is 0 Å². The van der Waals surface area contributed by atoms with Gasteiger partial charge in [-0.15, -0.1) is 0 Å². The maximum Gasteiger partial charge on any atom is 0.0728 e. The summed E-state index contributed by atoms with van der Waals surface area (Å²) in [7, 11) is 0. The minimum atomic E-state index is 0.126. The minimum Gasteiger partial charge on any atom is -0.394 e. The molecule has 0 aliphatic heterocycles. The number of nitrogens with zero attached hydrogens (tertiary/aromatic N) is 2. The van der Waals surface area contributed by atoms with Crippen molar-refractivity contribution in [3.8, 4) is 0 Å². The molecule has 0 bridgehead atoms. The van der Waals surface area contributed by atoms with E-state index in [1.807, 2.05) is 12.4 Å². The number of rotatable bonds is 6. The highest BCUT2D eigenvalue weighted by molar-refractivity contribution is 5.41. The first-order chi connectivity index (χ1) is 10.3. The molecule has 0 aromatic carbocycles. The van der Waals surface area contributed by atoms with Gasteiger partial charge in [-0.2, -0.15) is 5.10 Å². The maximum atomic E-state index is 8.96. The highest BCUT2D eigenvalue weighted by Crippen LogP contribution is 2.54. The molecule has 21 heavy (non-hydrogen) atoms. The monoisotopic (exact) mass is 293 g/mol. The SMILES string of the molecule is CCOC1CC(Nc2cnn(CCO)c2)C12CCCCC2. The highest BCUT2D eigenvalue weighted by Gasteiger charge is 2.55. The second kappa shape index (κ2) is 6.36. The predicted octanol–water partition coefficient (Wildman–Crippen LogP) is 2.42. The summed E-state index contributed by atoms with van der Waals surface area (Å²) >= 11 is 0. The van der Waals surface area contributed by atoms with Crippen LogP contribution < -0.4 is 5.32 Å². The lowest BCUT2D eigenvalue weighted by Crippen LogP contribution is -2.62. The van der Waals surface area contributed by atoms with Crippen molar-refractivity contribution >= 4 is 5.69 Å². The van der Waals surface area contributed by atoms with Crippen LogP contribution in [0.3, 0.4) is 0 Å². The van der Waals surface area contributed by atoms with Crippen molar-refractivity contribution in [1.29, 1.82) is 0 Å². The lowest BCUT2D eigenvalue weighted by Gasteiger charge is -2.57. The molecule has 1 spiro atoms. The first kappa shape index (κ1) is 14.9. The van der Waals surface area contributed by atoms with Gasteiger partial charge in [-0.25, -0.2) is 0 Å². The Morgan fingerprint density at radius 2 is 2.24 bits per heavy atom. The lowest BCUT2D eigenvalue weighted by molar-refractivity contribution is -0.134. The van der Waals surface area contributed by atoms with Gasteiger partial charge in [0.1, 0.15) is 0 Å². The number of hydrogen-bond donors (Lipinski definition) is 2. The first-order valence-electron chi connectivity index (χ1n) is 8.30. The normalized spacial score (nSPS) is 27.5. The van der Waals surface area contributed by atoms with E-state index in [4.69, 9.17) is 9.84 Å². The summed E-state index contributed by atoms with van der Waals surface area (Å²) in [5, 5.41) is 16.9. The largest absolute Gasteiger partial charge is 0.394 e. The van der Waals surface area contributed by atoms with Crippen molar-refractivity contribution in [3.63, 3.8) is 0 Å². The predicted molar refractivity (Wildman–Crippen MR) is 82.3 cm³/mol. The molecule has 2 unspecified atom stereocenters. The Labute approximate surface area is 126 Å². The van der Waals surface area contributed by atoms with E-state index in [1.165, 1.54) is 32.1 Å². The summed E-state index contributed by atoms with van der Waals surface area (Å²) in [6.07, 6.45) is 11.9. The Balaban J connectivity index is 1.66. The quantitative estimate of drug-likeness (QED) is 0.845. The van der Waals surface area contributed by atoms with Crippen LogP contribution in [0.15, 0.2) is 12.4 Å². The summed E-state index contributed by atoms with van der Waals surface area (Å²) in [6, 6.07) is 0.501. The van der Waals surface area contributed by atoms with Crippen LogP contribution in [-0.4, -0.2) is 40.2 Å². The zero-order valence-electron chi connectivity index (χ0n) is 12.9. The zero-order chi connectivity index (χ0) is 14.7. The molecular weight excluding hydrogens is 266 g/mol. The first-order valence-corrected chi connectivity index (χ1v) is 8.30. The smallest absolute Gasteiger partial charge is 0.0728 e. The van der Waals surface area contributed by atoms with Crippen LogP contribution in [0.1, 0.15) is 45.4 Å². The molecule has 0 radical (unpaired) electrons. The van der Waals surface area contributed by atoms with Crippen molar-refractivity contribution in [2.45, 2.75) is 64.1 Å². The van der Waals surface area contributed by atoms with Crippen molar-refractivity contribution in [3.05, 3.63) is 12.4 Å². The molecule has 1 aromatic rings. The van der Waals surface area contributed by atoms with Gasteiger partial charge in [-0.05, 0) is 26.2 Å². The number of nitrogens with one attached hydrogen (secondary N) is 1. The van der Waals surface area contributed by atoms with Crippen LogP contribution in [0, 0.1) is 5.41 Å². The van der Waals surface area contributed by atoms with E-state index in [2.05, 4.69) is 17.3 Å². The van der Waals surface area contributed by atoms with Gasteiger partial charge in [0.25, 0.3) is 0 Å². The molecular formula is C16H27N3O2. The number of ether oxygens (including phenoxy) is 1. The summed E-state index contributed by atoms with van der Waals surface area (Å²) in [4.78, 5) is 0. The van der Waals surface area contributed by atoms with Gasteiger partial charge in [-0.3, -0.25) is 4.68 Å². The van der Waals surface area contributed by atoms with E-state index in [0.717, 1.165) is 18.7 Å². The topological polar surface area (TPSA) is 59.3 Å². The summed E-state index contributed by atoms with van der Waals surface area (Å²) in [5.41, 5.74) is 1.39. The van der Waals surface area contributed by atoms with Crippen LogP contribution in [0.4, 0.5) is 5.69 Å². The van der Waals surface area contributed by atoms with Crippen LogP contribution in [0.5, 0.6) is 0 Å². The van der Waals surface area contributed by atoms with Gasteiger partial charge in [0.2, 0.25) is 0 Å². The van der Waals surface area contributed by atoms with E-state index < -0.39 is 0 Å². The van der Waals surface area contributed by atoms with Gasteiger partial charge in [-0.1, -0.05) is 19.3 Å². The fourth-order valence-electron chi connectivity index (χ4n) is 4.13. The molecule has 2 aliphatic rings. The van der Waals surface area contributed by atoms with Crippen molar-refractivity contribution < 1.29 is 9.84 Å². The molecule has 118 valence electrons. The van der Waals surface area contributed by atoms with Crippen LogP contribution >= 0.6 is 0 Å². The third-order valence-corrected chi connectivity index (χ3v) is 5.24. The summed E-state index contributed by atoms with van der Waals surface area (Å²) in [6.45, 7) is 3.59. The number of aromatic nitrogens is 2. The standard InChI is InChI=1S/C16H27N3O2/c1-2-21-15-10-14(16(15)6-4-3-5-7-16)18-13-11-17-19(12-13)8-9-20/h11-12,14-15,18,20H,2-10H2,1H3. The van der Waals surface area contributed by atoms with Crippen molar-refractivity contribution in [2.75, 3.05) is 18.5 Å². The van der Waals surface area contributed by atoms with Gasteiger partial charge in [0, 0.05) is 24.3 Å². The van der Waals surface area contributed by atoms with E-state index >= 15 is 0 Å². The lowest BCUT2D eigenvalue weighted by atomic mass is 9.55. The van der Waals surface area contributed by atoms with E-state index in [-0.39, 0.29) is 6.61 Å². The molecule has 5 nitrogen and oxygen atoms in total. The minimum absolute atomic E-state index is 0.126. The fraction of sp³-hybridized carbons (Fsp3) is 0.812. The van der Waals surface area contributed by atoms with E-state index in [1.54, 1.807) is 4.68 Å². The van der Waals surface area contributed by atoms with Crippen LogP contribution in [0.25, 0.3) is 0 Å². The molecule has 2 atom stereocenters. The molecule has 0 saturated heterocycles. The molecule has 1 aromatic heterocycles. The fourth-order valence-corrected chi connectivity index (χ4v) is 4.13. The van der Waals surface area contributed by atoms with E-state index in [0.29, 0.717) is 24.1 Å². The van der Waals surface area contributed by atoms with Crippen molar-refractivity contribution in [1.82, 2.24) is 9.78 Å². The Hall–Kier alpha value is -1.07. The van der Waals surface area contributed by atoms with Gasteiger partial charge >= 0.3 is 0 Å². The van der Waals surface area contributed by atoms with Crippen LogP contribution in [0.2, 0.25) is 0 Å². The third kappa shape index (κ3) is 2.81. The van der Waals surface area contributed by atoms with Gasteiger partial charge in [0.05, 0.1) is 31.1 Å². The summed E-state index contributed by atoms with van der Waals surface area (Å²) in [5.74, 6) is 0. The molecule has 2 saturated carbocycles. The zero-order valence-corrected chi connectivity index (χ0v) is 12.9. The molecule has 2 aliphatic carbocycles. The second-order valence-corrected chi connectivity index (χ2v) is 6.39. The highest BCUT2D eigenvalue weighted by atomic mass is 16.5. The molecule has 3 rings (SSSR count). The Morgan fingerprint density at radius 3 is 2.95 bits per heavy atom. The Bertz CT molecular complexity index is 454. The number of hydrogen-bond acceptors (Lipinski definition) is 4. The Morgan fingerprint density at radius 1 is 1.43 bits per heavy atom. The van der Waals surface area contributed by atoms with Crippen LogP contribution in [-0.2, 0) is 11.3 Å². The number of anilines is 1. The average molecular weight is 293 g/mol. The molecule has 5 heteroatoms. The molecule has 2 N–H and O–H groups in total. The second-order valence-electron chi connectivity index (χ2n) is 6.39. The third-order valence-electron chi connectivity index (χ3n) is 5.24. The molecule has 0 amide bonds. The van der Waals surface area contributed by atoms with Gasteiger partial charge < -0.3 is 15.2 Å². The average Bonchev–Trinajstić information content (AvgIpc) is 2.95. The Kier molecular flexibility index (Phi) is 4.50. The van der Waals surface area contributed by atoms with E-state index in [9.17, 15) is 0 Å². The maximum absolute atomic E-state index is 8.96.